The van der Waals surface area contributed by atoms with Crippen molar-refractivity contribution in [3.63, 3.8) is 0 Å². The summed E-state index contributed by atoms with van der Waals surface area (Å²) in [5, 5.41) is 0. The van der Waals surface area contributed by atoms with Gasteiger partial charge in [-0.05, 0) is 30.7 Å². The van der Waals surface area contributed by atoms with E-state index in [1.807, 2.05) is 24.3 Å². The van der Waals surface area contributed by atoms with Crippen molar-refractivity contribution in [3.8, 4) is 5.75 Å². The van der Waals surface area contributed by atoms with Crippen molar-refractivity contribution >= 4 is 12.0 Å². The fourth-order valence-corrected chi connectivity index (χ4v) is 1.73. The van der Waals surface area contributed by atoms with E-state index in [4.69, 9.17) is 18.9 Å². The third kappa shape index (κ3) is 4.68. The Morgan fingerprint density at radius 1 is 1.40 bits per heavy atom. The minimum atomic E-state index is -0.355. The Morgan fingerprint density at radius 3 is 2.95 bits per heavy atom. The van der Waals surface area contributed by atoms with Crippen LogP contribution in [0.2, 0.25) is 0 Å². The van der Waals surface area contributed by atoms with E-state index in [0.717, 1.165) is 5.56 Å². The van der Waals surface area contributed by atoms with Crippen molar-refractivity contribution in [3.05, 3.63) is 35.9 Å². The van der Waals surface area contributed by atoms with Gasteiger partial charge < -0.3 is 18.9 Å². The lowest BCUT2D eigenvalue weighted by Crippen LogP contribution is -2.18. The zero-order valence-electron chi connectivity index (χ0n) is 11.4. The van der Waals surface area contributed by atoms with Gasteiger partial charge in [-0.2, -0.15) is 0 Å². The number of rotatable bonds is 6. The molecule has 20 heavy (non-hydrogen) atoms. The second-order valence-electron chi connectivity index (χ2n) is 4.14. The highest BCUT2D eigenvalue weighted by Gasteiger charge is 2.16. The molecule has 0 atom stereocenters. The van der Waals surface area contributed by atoms with Gasteiger partial charge >= 0.3 is 5.97 Å². The van der Waals surface area contributed by atoms with Gasteiger partial charge in [0.25, 0.3) is 0 Å². The van der Waals surface area contributed by atoms with Gasteiger partial charge in [0, 0.05) is 6.08 Å². The van der Waals surface area contributed by atoms with E-state index in [-0.39, 0.29) is 12.3 Å². The molecule has 1 aliphatic rings. The van der Waals surface area contributed by atoms with Gasteiger partial charge in [0.2, 0.25) is 0 Å². The summed E-state index contributed by atoms with van der Waals surface area (Å²) in [7, 11) is 0. The number of carbonyl (C=O) groups excluding carboxylic acids is 1. The van der Waals surface area contributed by atoms with Gasteiger partial charge in [0.05, 0.1) is 19.8 Å². The molecule has 108 valence electrons. The Morgan fingerprint density at radius 2 is 2.20 bits per heavy atom. The van der Waals surface area contributed by atoms with E-state index >= 15 is 0 Å². The van der Waals surface area contributed by atoms with Crippen LogP contribution >= 0.6 is 0 Å². The Bertz CT molecular complexity index is 463. The molecule has 0 unspecified atom stereocenters. The molecular formula is C15H18O5. The maximum atomic E-state index is 11.2. The predicted octanol–water partition coefficient (Wildman–Crippen LogP) is 2.01. The van der Waals surface area contributed by atoms with Crippen molar-refractivity contribution < 1.29 is 23.7 Å². The molecule has 2 rings (SSSR count). The lowest BCUT2D eigenvalue weighted by Gasteiger charge is -2.11. The molecule has 0 saturated carbocycles. The van der Waals surface area contributed by atoms with Gasteiger partial charge in [-0.25, -0.2) is 4.79 Å². The van der Waals surface area contributed by atoms with Crippen LogP contribution in [-0.4, -0.2) is 38.7 Å². The van der Waals surface area contributed by atoms with Crippen LogP contribution in [0.4, 0.5) is 0 Å². The molecule has 5 nitrogen and oxygen atoms in total. The van der Waals surface area contributed by atoms with Crippen molar-refractivity contribution in [2.45, 2.75) is 13.2 Å². The molecule has 0 aliphatic carbocycles. The van der Waals surface area contributed by atoms with Crippen molar-refractivity contribution in [1.29, 1.82) is 0 Å². The summed E-state index contributed by atoms with van der Waals surface area (Å²) in [6.07, 6.45) is 2.79. The normalized spacial score (nSPS) is 15.7. The largest absolute Gasteiger partial charge is 0.488 e. The Kier molecular flexibility index (Phi) is 5.58. The van der Waals surface area contributed by atoms with E-state index in [1.165, 1.54) is 6.08 Å². The molecule has 1 aliphatic heterocycles. The van der Waals surface area contributed by atoms with Gasteiger partial charge in [0.1, 0.15) is 12.4 Å². The highest BCUT2D eigenvalue weighted by atomic mass is 16.7. The maximum absolute atomic E-state index is 11.2. The number of hydrogen-bond acceptors (Lipinski definition) is 5. The maximum Gasteiger partial charge on any atom is 0.330 e. The van der Waals surface area contributed by atoms with E-state index in [2.05, 4.69) is 0 Å². The predicted molar refractivity (Wildman–Crippen MR) is 73.3 cm³/mol. The first-order valence-corrected chi connectivity index (χ1v) is 6.59. The number of hydrogen-bond donors (Lipinski definition) is 0. The van der Waals surface area contributed by atoms with Gasteiger partial charge in [0.15, 0.2) is 6.29 Å². The average molecular weight is 278 g/mol. The van der Waals surface area contributed by atoms with Crippen LogP contribution in [0.5, 0.6) is 5.75 Å². The highest BCUT2D eigenvalue weighted by Crippen LogP contribution is 2.16. The molecule has 1 saturated heterocycles. The molecule has 0 spiro atoms. The standard InChI is InChI=1S/C15H18O5/c1-2-17-14(16)7-6-12-4-3-5-13(10-12)20-11-15-18-8-9-19-15/h3-7,10,15H,2,8-9,11H2,1H3. The fourth-order valence-electron chi connectivity index (χ4n) is 1.73. The summed E-state index contributed by atoms with van der Waals surface area (Å²) in [6, 6.07) is 7.42. The number of ether oxygens (including phenoxy) is 4. The minimum Gasteiger partial charge on any atom is -0.488 e. The molecule has 1 aromatic carbocycles. The van der Waals surface area contributed by atoms with E-state index in [9.17, 15) is 4.79 Å². The van der Waals surface area contributed by atoms with Gasteiger partial charge in [-0.3, -0.25) is 0 Å². The number of carbonyl (C=O) groups is 1. The Labute approximate surface area is 118 Å². The second-order valence-corrected chi connectivity index (χ2v) is 4.14. The SMILES string of the molecule is CCOC(=O)C=Cc1cccc(OCC2OCCO2)c1. The van der Waals surface area contributed by atoms with Crippen molar-refractivity contribution in [2.75, 3.05) is 26.4 Å². The smallest absolute Gasteiger partial charge is 0.330 e. The summed E-state index contributed by atoms with van der Waals surface area (Å²) in [5.74, 6) is 0.349. The lowest BCUT2D eigenvalue weighted by atomic mass is 10.2. The molecule has 0 aromatic heterocycles. The van der Waals surface area contributed by atoms with E-state index in [0.29, 0.717) is 32.2 Å². The van der Waals surface area contributed by atoms with Crippen LogP contribution in [0.3, 0.4) is 0 Å². The van der Waals surface area contributed by atoms with E-state index in [1.54, 1.807) is 13.0 Å². The quantitative estimate of drug-likeness (QED) is 0.588. The first-order valence-electron chi connectivity index (χ1n) is 6.59. The van der Waals surface area contributed by atoms with Crippen LogP contribution in [0, 0.1) is 0 Å². The average Bonchev–Trinajstić information content (AvgIpc) is 2.97. The topological polar surface area (TPSA) is 54.0 Å². The minimum absolute atomic E-state index is 0.297. The van der Waals surface area contributed by atoms with Gasteiger partial charge in [-0.1, -0.05) is 12.1 Å². The summed E-state index contributed by atoms with van der Waals surface area (Å²) in [4.78, 5) is 11.2. The Hall–Kier alpha value is -1.85. The second kappa shape index (κ2) is 7.67. The van der Waals surface area contributed by atoms with Crippen LogP contribution in [-0.2, 0) is 19.0 Å². The zero-order valence-corrected chi connectivity index (χ0v) is 11.4. The molecular weight excluding hydrogens is 260 g/mol. The molecule has 0 radical (unpaired) electrons. The summed E-state index contributed by atoms with van der Waals surface area (Å²) in [6.45, 7) is 3.71. The Balaban J connectivity index is 1.88. The first-order chi connectivity index (χ1) is 9.78. The summed E-state index contributed by atoms with van der Waals surface area (Å²) >= 11 is 0. The zero-order chi connectivity index (χ0) is 14.2. The summed E-state index contributed by atoms with van der Waals surface area (Å²) in [5.41, 5.74) is 0.865. The van der Waals surface area contributed by atoms with Crippen molar-refractivity contribution in [2.24, 2.45) is 0 Å². The molecule has 0 bridgehead atoms. The van der Waals surface area contributed by atoms with Gasteiger partial charge in [-0.15, -0.1) is 0 Å². The third-order valence-electron chi connectivity index (χ3n) is 2.63. The monoisotopic (exact) mass is 278 g/mol. The number of benzene rings is 1. The first kappa shape index (κ1) is 14.6. The summed E-state index contributed by atoms with van der Waals surface area (Å²) < 4.78 is 21.0. The molecule has 1 heterocycles. The lowest BCUT2D eigenvalue weighted by molar-refractivity contribution is -0.137. The fraction of sp³-hybridized carbons (Fsp3) is 0.400. The van der Waals surface area contributed by atoms with Crippen LogP contribution in [0.25, 0.3) is 6.08 Å². The number of esters is 1. The molecule has 0 N–H and O–H groups in total. The molecule has 1 aromatic rings. The molecule has 1 fully saturated rings. The third-order valence-corrected chi connectivity index (χ3v) is 2.63. The van der Waals surface area contributed by atoms with Crippen molar-refractivity contribution in [1.82, 2.24) is 0 Å². The van der Waals surface area contributed by atoms with Crippen LogP contribution < -0.4 is 4.74 Å². The molecule has 0 amide bonds. The highest BCUT2D eigenvalue weighted by molar-refractivity contribution is 5.87. The van der Waals surface area contributed by atoms with Crippen LogP contribution in [0.15, 0.2) is 30.3 Å². The van der Waals surface area contributed by atoms with Crippen LogP contribution in [0.1, 0.15) is 12.5 Å². The molecule has 5 heteroatoms. The van der Waals surface area contributed by atoms with E-state index < -0.39 is 0 Å².